The number of piperidine rings is 1. The second-order valence-corrected chi connectivity index (χ2v) is 10.9. The molecule has 0 aliphatic carbocycles. The van der Waals surface area contributed by atoms with Crippen LogP contribution in [0.25, 0.3) is 12.2 Å². The summed E-state index contributed by atoms with van der Waals surface area (Å²) in [5.41, 5.74) is 2.41. The van der Waals surface area contributed by atoms with Gasteiger partial charge in [-0.25, -0.2) is 8.42 Å². The van der Waals surface area contributed by atoms with Gasteiger partial charge in [0.05, 0.1) is 5.92 Å². The highest BCUT2D eigenvalue weighted by Crippen LogP contribution is 2.30. The monoisotopic (exact) mass is 472 g/mol. The second-order valence-electron chi connectivity index (χ2n) is 9.04. The van der Waals surface area contributed by atoms with Gasteiger partial charge in [0, 0.05) is 39.3 Å². The van der Waals surface area contributed by atoms with Crippen LogP contribution in [0, 0.1) is 19.8 Å². The number of sulfonamides is 1. The summed E-state index contributed by atoms with van der Waals surface area (Å²) < 4.78 is 34.0. The Bertz CT molecular complexity index is 1120. The third-order valence-corrected chi connectivity index (χ3v) is 8.51. The molecule has 178 valence electrons. The van der Waals surface area contributed by atoms with E-state index in [1.807, 2.05) is 49.2 Å². The molecule has 0 N–H and O–H groups in total. The van der Waals surface area contributed by atoms with Gasteiger partial charge in [-0.1, -0.05) is 41.1 Å². The van der Waals surface area contributed by atoms with Crippen molar-refractivity contribution in [1.82, 2.24) is 19.3 Å². The van der Waals surface area contributed by atoms with E-state index in [0.29, 0.717) is 38.2 Å². The van der Waals surface area contributed by atoms with E-state index in [1.165, 1.54) is 4.31 Å². The topological polar surface area (TPSA) is 87.0 Å². The van der Waals surface area contributed by atoms with Crippen LogP contribution in [0.4, 0.5) is 0 Å². The molecule has 0 radical (unpaired) electrons. The van der Waals surface area contributed by atoms with Gasteiger partial charge < -0.3 is 14.3 Å². The van der Waals surface area contributed by atoms with Crippen LogP contribution in [0.1, 0.15) is 35.4 Å². The molecule has 1 aromatic carbocycles. The lowest BCUT2D eigenvalue weighted by molar-refractivity contribution is -0.138. The SMILES string of the molecule is Cc1ccc(/C=C/c2onc(C)c2S(=O)(=O)N2CCC[C@H](C(=O)N3CCN(C)CC3)C2)cc1. The Morgan fingerprint density at radius 3 is 2.45 bits per heavy atom. The fourth-order valence-corrected chi connectivity index (χ4v) is 6.20. The molecule has 1 amide bonds. The molecule has 0 saturated carbocycles. The molecule has 2 fully saturated rings. The van der Waals surface area contributed by atoms with E-state index in [-0.39, 0.29) is 29.0 Å². The summed E-state index contributed by atoms with van der Waals surface area (Å²) in [6, 6.07) is 7.91. The lowest BCUT2D eigenvalue weighted by Crippen LogP contribution is -2.52. The molecule has 1 aromatic heterocycles. The minimum atomic E-state index is -3.85. The molecule has 2 aliphatic rings. The summed E-state index contributed by atoms with van der Waals surface area (Å²) in [6.07, 6.45) is 4.82. The van der Waals surface area contributed by atoms with Crippen LogP contribution in [0.15, 0.2) is 33.7 Å². The fraction of sp³-hybridized carbons (Fsp3) is 0.500. The fourth-order valence-electron chi connectivity index (χ4n) is 4.42. The van der Waals surface area contributed by atoms with Crippen molar-refractivity contribution in [3.8, 4) is 0 Å². The highest BCUT2D eigenvalue weighted by atomic mass is 32.2. The zero-order valence-electron chi connectivity index (χ0n) is 19.5. The Labute approximate surface area is 195 Å². The number of rotatable bonds is 5. The Morgan fingerprint density at radius 1 is 1.06 bits per heavy atom. The molecule has 0 bridgehead atoms. The molecular formula is C24H32N4O4S. The van der Waals surface area contributed by atoms with Gasteiger partial charge in [-0.3, -0.25) is 4.79 Å². The van der Waals surface area contributed by atoms with Gasteiger partial charge >= 0.3 is 0 Å². The van der Waals surface area contributed by atoms with Gasteiger partial charge in [0.25, 0.3) is 0 Å². The number of likely N-dealkylation sites (N-methyl/N-ethyl adjacent to an activating group) is 1. The number of nitrogens with zero attached hydrogens (tertiary/aromatic N) is 4. The van der Waals surface area contributed by atoms with Crippen LogP contribution >= 0.6 is 0 Å². The summed E-state index contributed by atoms with van der Waals surface area (Å²) >= 11 is 0. The maximum Gasteiger partial charge on any atom is 0.248 e. The molecule has 0 spiro atoms. The van der Waals surface area contributed by atoms with Crippen molar-refractivity contribution in [2.24, 2.45) is 5.92 Å². The average Bonchev–Trinajstić information content (AvgIpc) is 3.20. The van der Waals surface area contributed by atoms with E-state index < -0.39 is 10.0 Å². The summed E-state index contributed by atoms with van der Waals surface area (Å²) in [6.45, 7) is 7.30. The van der Waals surface area contributed by atoms with Crippen LogP contribution < -0.4 is 0 Å². The maximum atomic E-state index is 13.6. The molecule has 2 aliphatic heterocycles. The van der Waals surface area contributed by atoms with Gasteiger partial charge in [0.15, 0.2) is 10.7 Å². The van der Waals surface area contributed by atoms with Crippen LogP contribution in [-0.4, -0.2) is 79.9 Å². The van der Waals surface area contributed by atoms with Crippen LogP contribution in [-0.2, 0) is 14.8 Å². The normalized spacial score (nSPS) is 21.1. The van der Waals surface area contributed by atoms with E-state index in [0.717, 1.165) is 24.2 Å². The summed E-state index contributed by atoms with van der Waals surface area (Å²) in [5.74, 6) is -0.0474. The first-order valence-electron chi connectivity index (χ1n) is 11.4. The van der Waals surface area contributed by atoms with E-state index in [2.05, 4.69) is 10.1 Å². The lowest BCUT2D eigenvalue weighted by atomic mass is 9.98. The summed E-state index contributed by atoms with van der Waals surface area (Å²) in [7, 11) is -1.81. The van der Waals surface area contributed by atoms with Crippen molar-refractivity contribution in [2.45, 2.75) is 31.6 Å². The predicted molar refractivity (Wildman–Crippen MR) is 127 cm³/mol. The van der Waals surface area contributed by atoms with Crippen LogP contribution in [0.2, 0.25) is 0 Å². The molecule has 4 rings (SSSR count). The summed E-state index contributed by atoms with van der Waals surface area (Å²) in [5, 5.41) is 3.93. The van der Waals surface area contributed by atoms with Crippen molar-refractivity contribution >= 4 is 28.1 Å². The molecule has 2 aromatic rings. The number of carbonyl (C=O) groups excluding carboxylic acids is 1. The Kier molecular flexibility index (Phi) is 7.02. The Morgan fingerprint density at radius 2 is 1.76 bits per heavy atom. The first-order valence-corrected chi connectivity index (χ1v) is 12.9. The van der Waals surface area contributed by atoms with Gasteiger partial charge in [-0.05, 0) is 45.4 Å². The molecule has 0 unspecified atom stereocenters. The largest absolute Gasteiger partial charge is 0.355 e. The molecular weight excluding hydrogens is 440 g/mol. The zero-order valence-corrected chi connectivity index (χ0v) is 20.3. The number of piperazine rings is 1. The van der Waals surface area contributed by atoms with Gasteiger partial charge in [-0.15, -0.1) is 0 Å². The molecule has 1 atom stereocenters. The van der Waals surface area contributed by atoms with Crippen molar-refractivity contribution in [3.63, 3.8) is 0 Å². The standard InChI is InChI=1S/C24H32N4O4S/c1-18-6-8-20(9-7-18)10-11-22-23(19(2)25-32-22)33(30,31)28-12-4-5-21(17-28)24(29)27-15-13-26(3)14-16-27/h6-11,21H,4-5,12-17H2,1-3H3/b11-10+/t21-/m0/s1. The number of benzene rings is 1. The number of aromatic nitrogens is 1. The third kappa shape index (κ3) is 5.20. The molecule has 3 heterocycles. The molecule has 8 nitrogen and oxygen atoms in total. The molecule has 2 saturated heterocycles. The van der Waals surface area contributed by atoms with E-state index in [1.54, 1.807) is 13.0 Å². The van der Waals surface area contributed by atoms with Crippen molar-refractivity contribution in [2.75, 3.05) is 46.3 Å². The van der Waals surface area contributed by atoms with Crippen LogP contribution in [0.3, 0.4) is 0 Å². The van der Waals surface area contributed by atoms with Crippen molar-refractivity contribution < 1.29 is 17.7 Å². The van der Waals surface area contributed by atoms with Crippen LogP contribution in [0.5, 0.6) is 0 Å². The number of amides is 1. The molecule has 9 heteroatoms. The predicted octanol–water partition coefficient (Wildman–Crippen LogP) is 2.64. The maximum absolute atomic E-state index is 13.6. The molecule has 33 heavy (non-hydrogen) atoms. The number of aryl methyl sites for hydroxylation is 2. The van der Waals surface area contributed by atoms with Crippen molar-refractivity contribution in [3.05, 3.63) is 46.8 Å². The number of hydrogen-bond donors (Lipinski definition) is 0. The van der Waals surface area contributed by atoms with E-state index >= 15 is 0 Å². The van der Waals surface area contributed by atoms with E-state index in [4.69, 9.17) is 4.52 Å². The summed E-state index contributed by atoms with van der Waals surface area (Å²) in [4.78, 5) is 17.2. The zero-order chi connectivity index (χ0) is 23.6. The number of carbonyl (C=O) groups is 1. The van der Waals surface area contributed by atoms with E-state index in [9.17, 15) is 13.2 Å². The first-order chi connectivity index (χ1) is 15.8. The highest BCUT2D eigenvalue weighted by Gasteiger charge is 2.38. The van der Waals surface area contributed by atoms with Gasteiger partial charge in [0.1, 0.15) is 5.69 Å². The first kappa shape index (κ1) is 23.7. The lowest BCUT2D eigenvalue weighted by Gasteiger charge is -2.37. The van der Waals surface area contributed by atoms with Crippen molar-refractivity contribution in [1.29, 1.82) is 0 Å². The quantitative estimate of drug-likeness (QED) is 0.665. The minimum Gasteiger partial charge on any atom is -0.355 e. The van der Waals surface area contributed by atoms with Gasteiger partial charge in [0.2, 0.25) is 15.9 Å². The second kappa shape index (κ2) is 9.79. The number of hydrogen-bond acceptors (Lipinski definition) is 6. The third-order valence-electron chi connectivity index (χ3n) is 6.48. The average molecular weight is 473 g/mol. The smallest absolute Gasteiger partial charge is 0.248 e. The Hall–Kier alpha value is -2.49. The Balaban J connectivity index is 1.52. The van der Waals surface area contributed by atoms with Gasteiger partial charge in [-0.2, -0.15) is 4.31 Å². The highest BCUT2D eigenvalue weighted by molar-refractivity contribution is 7.89. The minimum absolute atomic E-state index is 0.0598.